The van der Waals surface area contributed by atoms with E-state index in [4.69, 9.17) is 4.74 Å². The highest BCUT2D eigenvalue weighted by Crippen LogP contribution is 2.18. The highest BCUT2D eigenvalue weighted by molar-refractivity contribution is 5.95. The molecule has 1 atom stereocenters. The number of hydrogen-bond donors (Lipinski definition) is 2. The maximum Gasteiger partial charge on any atom is 0.343 e. The lowest BCUT2D eigenvalue weighted by atomic mass is 10.2. The first-order chi connectivity index (χ1) is 9.69. The van der Waals surface area contributed by atoms with Crippen LogP contribution >= 0.6 is 12.4 Å². The second-order valence-corrected chi connectivity index (χ2v) is 4.53. The standard InChI is InChI=1S/C14H18N2O4.ClH/c1-19-13(17)9-20-11-5-2-4-10(8-11)16-14(18)12-6-3-7-15-12;/h2,4-5,8,12,15H,3,6-7,9H2,1H3,(H,16,18);1H. The van der Waals surface area contributed by atoms with E-state index in [2.05, 4.69) is 15.4 Å². The molecule has 1 unspecified atom stereocenters. The van der Waals surface area contributed by atoms with E-state index >= 15 is 0 Å². The van der Waals surface area contributed by atoms with Crippen molar-refractivity contribution in [2.75, 3.05) is 25.6 Å². The normalized spacial score (nSPS) is 16.7. The summed E-state index contributed by atoms with van der Waals surface area (Å²) in [5, 5.41) is 5.96. The van der Waals surface area contributed by atoms with Gasteiger partial charge in [-0.1, -0.05) is 6.07 Å². The van der Waals surface area contributed by atoms with Gasteiger partial charge < -0.3 is 20.1 Å². The zero-order chi connectivity index (χ0) is 14.4. The summed E-state index contributed by atoms with van der Waals surface area (Å²) in [4.78, 5) is 22.9. The van der Waals surface area contributed by atoms with E-state index in [1.807, 2.05) is 0 Å². The number of benzene rings is 1. The van der Waals surface area contributed by atoms with Crippen molar-refractivity contribution in [1.82, 2.24) is 5.32 Å². The zero-order valence-electron chi connectivity index (χ0n) is 11.8. The number of nitrogens with one attached hydrogen (secondary N) is 2. The minimum absolute atomic E-state index is 0. The van der Waals surface area contributed by atoms with Crippen LogP contribution in [0.5, 0.6) is 5.75 Å². The molecule has 0 aromatic heterocycles. The first-order valence-electron chi connectivity index (χ1n) is 6.53. The molecular formula is C14H19ClN2O4. The molecule has 0 radical (unpaired) electrons. The summed E-state index contributed by atoms with van der Waals surface area (Å²) < 4.78 is 9.76. The Hall–Kier alpha value is -1.79. The van der Waals surface area contributed by atoms with E-state index < -0.39 is 5.97 Å². The van der Waals surface area contributed by atoms with E-state index in [9.17, 15) is 9.59 Å². The second-order valence-electron chi connectivity index (χ2n) is 4.53. The Kier molecular flexibility index (Phi) is 6.98. The highest BCUT2D eigenvalue weighted by atomic mass is 35.5. The van der Waals surface area contributed by atoms with Crippen molar-refractivity contribution in [3.8, 4) is 5.75 Å². The average Bonchev–Trinajstić information content (AvgIpc) is 2.99. The Balaban J connectivity index is 0.00000220. The number of halogens is 1. The molecule has 1 fully saturated rings. The van der Waals surface area contributed by atoms with Crippen molar-refractivity contribution in [1.29, 1.82) is 0 Å². The van der Waals surface area contributed by atoms with Gasteiger partial charge in [-0.3, -0.25) is 4.79 Å². The quantitative estimate of drug-likeness (QED) is 0.802. The molecular weight excluding hydrogens is 296 g/mol. The largest absolute Gasteiger partial charge is 0.482 e. The summed E-state index contributed by atoms with van der Waals surface area (Å²) in [6.45, 7) is 0.721. The van der Waals surface area contributed by atoms with E-state index in [-0.39, 0.29) is 31.0 Å². The van der Waals surface area contributed by atoms with Crippen molar-refractivity contribution in [3.63, 3.8) is 0 Å². The molecule has 0 bridgehead atoms. The van der Waals surface area contributed by atoms with Crippen molar-refractivity contribution in [2.24, 2.45) is 0 Å². The molecule has 6 nitrogen and oxygen atoms in total. The van der Waals surface area contributed by atoms with Crippen LogP contribution in [0.3, 0.4) is 0 Å². The fourth-order valence-corrected chi connectivity index (χ4v) is 2.00. The van der Waals surface area contributed by atoms with Crippen molar-refractivity contribution in [2.45, 2.75) is 18.9 Å². The summed E-state index contributed by atoms with van der Waals surface area (Å²) in [6.07, 6.45) is 1.87. The van der Waals surface area contributed by atoms with Gasteiger partial charge in [-0.2, -0.15) is 0 Å². The summed E-state index contributed by atoms with van der Waals surface area (Å²) in [7, 11) is 1.30. The first kappa shape index (κ1) is 17.3. The topological polar surface area (TPSA) is 76.7 Å². The predicted molar refractivity (Wildman–Crippen MR) is 80.9 cm³/mol. The average molecular weight is 315 g/mol. The van der Waals surface area contributed by atoms with Crippen LogP contribution < -0.4 is 15.4 Å². The molecule has 1 amide bonds. The molecule has 1 heterocycles. The highest BCUT2D eigenvalue weighted by Gasteiger charge is 2.21. The zero-order valence-corrected chi connectivity index (χ0v) is 12.6. The molecule has 0 saturated carbocycles. The predicted octanol–water partition coefficient (Wildman–Crippen LogP) is 1.35. The van der Waals surface area contributed by atoms with Gasteiger partial charge in [0.2, 0.25) is 5.91 Å². The van der Waals surface area contributed by atoms with E-state index in [1.54, 1.807) is 24.3 Å². The van der Waals surface area contributed by atoms with Crippen LogP contribution in [-0.2, 0) is 14.3 Å². The molecule has 1 aromatic rings. The molecule has 1 aliphatic rings. The number of hydrogen-bond acceptors (Lipinski definition) is 5. The van der Waals surface area contributed by atoms with Crippen LogP contribution in [0.1, 0.15) is 12.8 Å². The van der Waals surface area contributed by atoms with Gasteiger partial charge in [-0.15, -0.1) is 12.4 Å². The third kappa shape index (κ3) is 5.24. The van der Waals surface area contributed by atoms with Crippen LogP contribution in [0.25, 0.3) is 0 Å². The third-order valence-electron chi connectivity index (χ3n) is 3.06. The molecule has 0 spiro atoms. The van der Waals surface area contributed by atoms with Crippen LogP contribution in [-0.4, -0.2) is 38.2 Å². The summed E-state index contributed by atoms with van der Waals surface area (Å²) in [6, 6.07) is 6.79. The second kappa shape index (κ2) is 8.49. The number of carbonyl (C=O) groups excluding carboxylic acids is 2. The van der Waals surface area contributed by atoms with E-state index in [0.29, 0.717) is 11.4 Å². The van der Waals surface area contributed by atoms with Gasteiger partial charge in [0.05, 0.1) is 13.2 Å². The van der Waals surface area contributed by atoms with Crippen LogP contribution in [0.4, 0.5) is 5.69 Å². The lowest BCUT2D eigenvalue weighted by Gasteiger charge is -2.12. The Labute approximate surface area is 129 Å². The van der Waals surface area contributed by atoms with Gasteiger partial charge in [0.25, 0.3) is 0 Å². The fourth-order valence-electron chi connectivity index (χ4n) is 2.00. The molecule has 116 valence electrons. The number of anilines is 1. The minimum atomic E-state index is -0.449. The molecule has 0 aliphatic carbocycles. The fraction of sp³-hybridized carbons (Fsp3) is 0.429. The minimum Gasteiger partial charge on any atom is -0.482 e. The lowest BCUT2D eigenvalue weighted by molar-refractivity contribution is -0.142. The SMILES string of the molecule is COC(=O)COc1cccc(NC(=O)C2CCCN2)c1.Cl. The van der Waals surface area contributed by atoms with Crippen LogP contribution in [0, 0.1) is 0 Å². The molecule has 2 N–H and O–H groups in total. The maximum atomic E-state index is 11.9. The van der Waals surface area contributed by atoms with Gasteiger partial charge in [0, 0.05) is 11.8 Å². The van der Waals surface area contributed by atoms with Crippen LogP contribution in [0.2, 0.25) is 0 Å². The monoisotopic (exact) mass is 314 g/mol. The molecule has 1 aliphatic heterocycles. The Morgan fingerprint density at radius 3 is 2.90 bits per heavy atom. The first-order valence-corrected chi connectivity index (χ1v) is 6.53. The Morgan fingerprint density at radius 2 is 2.24 bits per heavy atom. The number of esters is 1. The summed E-state index contributed by atoms with van der Waals surface area (Å²) in [5.74, 6) is 0.00907. The Bertz CT molecular complexity index is 490. The molecule has 7 heteroatoms. The van der Waals surface area contributed by atoms with Crippen molar-refractivity contribution in [3.05, 3.63) is 24.3 Å². The third-order valence-corrected chi connectivity index (χ3v) is 3.06. The Morgan fingerprint density at radius 1 is 1.43 bits per heavy atom. The summed E-state index contributed by atoms with van der Waals surface area (Å²) in [5.41, 5.74) is 0.645. The van der Waals surface area contributed by atoms with Gasteiger partial charge in [0.15, 0.2) is 6.61 Å². The van der Waals surface area contributed by atoms with Gasteiger partial charge in [-0.25, -0.2) is 4.79 Å². The van der Waals surface area contributed by atoms with Crippen LogP contribution in [0.15, 0.2) is 24.3 Å². The van der Waals surface area contributed by atoms with Crippen molar-refractivity contribution >= 4 is 30.0 Å². The molecule has 2 rings (SSSR count). The summed E-state index contributed by atoms with van der Waals surface area (Å²) >= 11 is 0. The smallest absolute Gasteiger partial charge is 0.343 e. The number of amides is 1. The molecule has 1 aromatic carbocycles. The van der Waals surface area contributed by atoms with Gasteiger partial charge >= 0.3 is 5.97 Å². The number of rotatable bonds is 5. The molecule has 21 heavy (non-hydrogen) atoms. The molecule has 1 saturated heterocycles. The maximum absolute atomic E-state index is 11.9. The van der Waals surface area contributed by atoms with E-state index in [0.717, 1.165) is 19.4 Å². The van der Waals surface area contributed by atoms with Crippen molar-refractivity contribution < 1.29 is 19.1 Å². The number of ether oxygens (including phenoxy) is 2. The number of methoxy groups -OCH3 is 1. The lowest BCUT2D eigenvalue weighted by Crippen LogP contribution is -2.35. The van der Waals surface area contributed by atoms with E-state index in [1.165, 1.54) is 7.11 Å². The van der Waals surface area contributed by atoms with Gasteiger partial charge in [-0.05, 0) is 31.5 Å². The van der Waals surface area contributed by atoms with Gasteiger partial charge in [0.1, 0.15) is 5.75 Å². The number of carbonyl (C=O) groups is 2.